The van der Waals surface area contributed by atoms with Gasteiger partial charge in [-0.25, -0.2) is 0 Å². The van der Waals surface area contributed by atoms with Crippen LogP contribution in [-0.2, 0) is 4.74 Å². The Hall–Kier alpha value is -0.200. The van der Waals surface area contributed by atoms with Crippen molar-refractivity contribution in [1.29, 1.82) is 0 Å². The van der Waals surface area contributed by atoms with Crippen LogP contribution in [0.4, 0.5) is 0 Å². The number of hydrogen-bond acceptors (Lipinski definition) is 5. The summed E-state index contributed by atoms with van der Waals surface area (Å²) in [5, 5.41) is 37.5. The van der Waals surface area contributed by atoms with Crippen LogP contribution in [0.25, 0.3) is 0 Å². The molecule has 0 aromatic carbocycles. The molecule has 0 unspecified atom stereocenters. The SMILES string of the molecule is CCC[C@@]1(O)OC[C@@H](O)[C@H](O)[C@H]1O. The summed E-state index contributed by atoms with van der Waals surface area (Å²) in [7, 11) is 0. The van der Waals surface area contributed by atoms with Gasteiger partial charge in [0.15, 0.2) is 5.79 Å². The first-order chi connectivity index (χ1) is 6.01. The highest BCUT2D eigenvalue weighted by Crippen LogP contribution is 2.27. The highest BCUT2D eigenvalue weighted by atomic mass is 16.6. The number of ether oxygens (including phenoxy) is 1. The van der Waals surface area contributed by atoms with Crippen molar-refractivity contribution >= 4 is 0 Å². The first-order valence-electron chi connectivity index (χ1n) is 4.42. The summed E-state index contributed by atoms with van der Waals surface area (Å²) in [6.45, 7) is 1.67. The minimum Gasteiger partial charge on any atom is -0.388 e. The predicted octanol–water partition coefficient (Wildman–Crippen LogP) is -1.41. The fourth-order valence-corrected chi connectivity index (χ4v) is 1.47. The second-order valence-corrected chi connectivity index (χ2v) is 3.41. The average Bonchev–Trinajstić information content (AvgIpc) is 2.10. The number of hydrogen-bond donors (Lipinski definition) is 4. The molecule has 78 valence electrons. The normalized spacial score (nSPS) is 46.4. The van der Waals surface area contributed by atoms with E-state index in [9.17, 15) is 15.3 Å². The van der Waals surface area contributed by atoms with E-state index < -0.39 is 24.1 Å². The maximum atomic E-state index is 9.68. The van der Waals surface area contributed by atoms with Gasteiger partial charge in [-0.3, -0.25) is 0 Å². The summed E-state index contributed by atoms with van der Waals surface area (Å²) in [5.74, 6) is -1.71. The first kappa shape index (κ1) is 10.9. The third-order valence-electron chi connectivity index (χ3n) is 2.29. The lowest BCUT2D eigenvalue weighted by Gasteiger charge is -2.41. The molecular weight excluding hydrogens is 176 g/mol. The maximum absolute atomic E-state index is 9.68. The molecule has 4 N–H and O–H groups in total. The Morgan fingerprint density at radius 1 is 1.38 bits per heavy atom. The van der Waals surface area contributed by atoms with Crippen LogP contribution in [0.1, 0.15) is 19.8 Å². The summed E-state index contributed by atoms with van der Waals surface area (Å²) in [6, 6.07) is 0. The van der Waals surface area contributed by atoms with Crippen molar-refractivity contribution in [1.82, 2.24) is 0 Å². The molecule has 5 heteroatoms. The van der Waals surface area contributed by atoms with E-state index in [-0.39, 0.29) is 13.0 Å². The molecule has 0 amide bonds. The van der Waals surface area contributed by atoms with Crippen molar-refractivity contribution in [3.63, 3.8) is 0 Å². The summed E-state index contributed by atoms with van der Waals surface area (Å²) in [6.07, 6.45) is -3.07. The highest BCUT2D eigenvalue weighted by Gasteiger charge is 2.47. The minimum absolute atomic E-state index is 0.158. The predicted molar refractivity (Wildman–Crippen MR) is 43.8 cm³/mol. The second-order valence-electron chi connectivity index (χ2n) is 3.41. The van der Waals surface area contributed by atoms with E-state index in [1.165, 1.54) is 0 Å². The zero-order valence-electron chi connectivity index (χ0n) is 7.55. The Bertz CT molecular complexity index is 174. The molecule has 4 atom stereocenters. The Morgan fingerprint density at radius 3 is 2.54 bits per heavy atom. The lowest BCUT2D eigenvalue weighted by Crippen LogP contribution is -2.60. The van der Waals surface area contributed by atoms with Crippen molar-refractivity contribution in [2.75, 3.05) is 6.61 Å². The van der Waals surface area contributed by atoms with E-state index in [2.05, 4.69) is 0 Å². The molecule has 13 heavy (non-hydrogen) atoms. The molecule has 0 aromatic heterocycles. The summed E-state index contributed by atoms with van der Waals surface area (Å²) >= 11 is 0. The van der Waals surface area contributed by atoms with E-state index in [1.54, 1.807) is 0 Å². The summed E-state index contributed by atoms with van der Waals surface area (Å²) in [5.41, 5.74) is 0. The Balaban J connectivity index is 2.67. The van der Waals surface area contributed by atoms with Crippen LogP contribution < -0.4 is 0 Å². The van der Waals surface area contributed by atoms with Gasteiger partial charge in [0.05, 0.1) is 6.61 Å². The molecule has 0 radical (unpaired) electrons. The topological polar surface area (TPSA) is 90.2 Å². The van der Waals surface area contributed by atoms with E-state index >= 15 is 0 Å². The molecule has 0 aliphatic carbocycles. The third-order valence-corrected chi connectivity index (χ3v) is 2.29. The molecule has 1 heterocycles. The van der Waals surface area contributed by atoms with Crippen molar-refractivity contribution in [3.05, 3.63) is 0 Å². The summed E-state index contributed by atoms with van der Waals surface area (Å²) in [4.78, 5) is 0. The number of aliphatic hydroxyl groups is 4. The Kier molecular flexibility index (Phi) is 3.26. The van der Waals surface area contributed by atoms with Gasteiger partial charge in [-0.2, -0.15) is 0 Å². The molecule has 0 aromatic rings. The van der Waals surface area contributed by atoms with E-state index in [0.29, 0.717) is 6.42 Å². The quantitative estimate of drug-likeness (QED) is 0.431. The number of rotatable bonds is 2. The van der Waals surface area contributed by atoms with Crippen LogP contribution in [0.5, 0.6) is 0 Å². The summed E-state index contributed by atoms with van der Waals surface area (Å²) < 4.78 is 4.90. The van der Waals surface area contributed by atoms with Crippen molar-refractivity contribution < 1.29 is 25.2 Å². The standard InChI is InChI=1S/C8H16O5/c1-2-3-8(12)7(11)6(10)5(9)4-13-8/h5-7,9-12H,2-4H2,1H3/t5-,6+,7-,8-/m1/s1. The van der Waals surface area contributed by atoms with Gasteiger partial charge in [0.2, 0.25) is 0 Å². The van der Waals surface area contributed by atoms with Crippen LogP contribution >= 0.6 is 0 Å². The zero-order valence-corrected chi connectivity index (χ0v) is 7.55. The fourth-order valence-electron chi connectivity index (χ4n) is 1.47. The molecule has 1 aliphatic heterocycles. The molecule has 1 rings (SSSR count). The molecule has 5 nitrogen and oxygen atoms in total. The van der Waals surface area contributed by atoms with Gasteiger partial charge in [0, 0.05) is 6.42 Å². The maximum Gasteiger partial charge on any atom is 0.194 e. The minimum atomic E-state index is -1.71. The number of aliphatic hydroxyl groups excluding tert-OH is 3. The second kappa shape index (κ2) is 3.89. The van der Waals surface area contributed by atoms with Gasteiger partial charge in [0.1, 0.15) is 18.3 Å². The monoisotopic (exact) mass is 192 g/mol. The molecule has 0 spiro atoms. The van der Waals surface area contributed by atoms with Crippen molar-refractivity contribution in [3.8, 4) is 0 Å². The smallest absolute Gasteiger partial charge is 0.194 e. The van der Waals surface area contributed by atoms with E-state index in [1.807, 2.05) is 6.92 Å². The van der Waals surface area contributed by atoms with Crippen LogP contribution in [0.3, 0.4) is 0 Å². The zero-order chi connectivity index (χ0) is 10.1. The third kappa shape index (κ3) is 2.00. The molecular formula is C8H16O5. The van der Waals surface area contributed by atoms with Crippen molar-refractivity contribution in [2.45, 2.75) is 43.9 Å². The molecule has 0 saturated carbocycles. The highest BCUT2D eigenvalue weighted by molar-refractivity contribution is 4.91. The van der Waals surface area contributed by atoms with Gasteiger partial charge >= 0.3 is 0 Å². The van der Waals surface area contributed by atoms with Crippen LogP contribution in [0, 0.1) is 0 Å². The van der Waals surface area contributed by atoms with E-state index in [4.69, 9.17) is 9.84 Å². The van der Waals surface area contributed by atoms with Crippen LogP contribution in [0.2, 0.25) is 0 Å². The van der Waals surface area contributed by atoms with Gasteiger partial charge in [-0.05, 0) is 0 Å². The molecule has 1 saturated heterocycles. The fraction of sp³-hybridized carbons (Fsp3) is 1.00. The molecule has 1 fully saturated rings. The Labute approximate surface area is 76.6 Å². The van der Waals surface area contributed by atoms with Gasteiger partial charge < -0.3 is 25.2 Å². The lowest BCUT2D eigenvalue weighted by atomic mass is 9.94. The average molecular weight is 192 g/mol. The molecule has 0 bridgehead atoms. The van der Waals surface area contributed by atoms with Crippen molar-refractivity contribution in [2.24, 2.45) is 0 Å². The lowest BCUT2D eigenvalue weighted by molar-refractivity contribution is -0.323. The Morgan fingerprint density at radius 2 is 2.00 bits per heavy atom. The van der Waals surface area contributed by atoms with Gasteiger partial charge in [0.25, 0.3) is 0 Å². The largest absolute Gasteiger partial charge is 0.388 e. The molecule has 1 aliphatic rings. The first-order valence-corrected chi connectivity index (χ1v) is 4.42. The van der Waals surface area contributed by atoms with Crippen LogP contribution in [0.15, 0.2) is 0 Å². The van der Waals surface area contributed by atoms with Gasteiger partial charge in [-0.1, -0.05) is 13.3 Å². The van der Waals surface area contributed by atoms with Gasteiger partial charge in [-0.15, -0.1) is 0 Å². The van der Waals surface area contributed by atoms with E-state index in [0.717, 1.165) is 0 Å². The van der Waals surface area contributed by atoms with Crippen LogP contribution in [-0.4, -0.2) is 51.1 Å².